The van der Waals surface area contributed by atoms with Gasteiger partial charge in [-0.05, 0) is 30.2 Å². The second kappa shape index (κ2) is 5.33. The molecule has 1 heterocycles. The van der Waals surface area contributed by atoms with E-state index in [0.29, 0.717) is 0 Å². The van der Waals surface area contributed by atoms with E-state index in [2.05, 4.69) is 24.4 Å². The molecule has 2 aromatic carbocycles. The summed E-state index contributed by atoms with van der Waals surface area (Å²) in [5.74, 6) is 0. The third kappa shape index (κ3) is 2.66. The molecule has 0 aromatic heterocycles. The van der Waals surface area contributed by atoms with Crippen LogP contribution in [0.15, 0.2) is 54.6 Å². The molecule has 1 fully saturated rings. The van der Waals surface area contributed by atoms with Crippen LogP contribution in [0.3, 0.4) is 0 Å². The molecule has 2 nitrogen and oxygen atoms in total. The molecule has 3 atom stereocenters. The smallest absolute Gasteiger partial charge is 0.135 e. The van der Waals surface area contributed by atoms with Crippen molar-refractivity contribution in [2.75, 3.05) is 0 Å². The monoisotopic (exact) mass is 273 g/mol. The number of ether oxygens (including phenoxy) is 1. The van der Waals surface area contributed by atoms with Gasteiger partial charge in [-0.25, -0.2) is 0 Å². The fourth-order valence-corrected chi connectivity index (χ4v) is 2.58. The number of hydrogen-bond donors (Lipinski definition) is 1. The average molecular weight is 274 g/mol. The first-order valence-electron chi connectivity index (χ1n) is 6.46. The first-order valence-corrected chi connectivity index (χ1v) is 6.84. The maximum absolute atomic E-state index is 6.13. The maximum atomic E-state index is 6.13. The van der Waals surface area contributed by atoms with Crippen LogP contribution < -0.4 is 5.32 Å². The van der Waals surface area contributed by atoms with Gasteiger partial charge >= 0.3 is 0 Å². The molecule has 0 unspecified atom stereocenters. The number of nitrogens with one attached hydrogen (secondary N) is 1. The van der Waals surface area contributed by atoms with Gasteiger partial charge in [-0.15, -0.1) is 0 Å². The van der Waals surface area contributed by atoms with Gasteiger partial charge in [0.15, 0.2) is 0 Å². The summed E-state index contributed by atoms with van der Waals surface area (Å²) in [6.45, 7) is 2.15. The molecule has 0 bridgehead atoms. The lowest BCUT2D eigenvalue weighted by Gasteiger charge is -2.14. The van der Waals surface area contributed by atoms with Gasteiger partial charge in [-0.2, -0.15) is 0 Å². The SMILES string of the molecule is C[C@H]1N[C@@H](c2ccc(Cl)cc2)O[C@@H]1c1ccccc1. The van der Waals surface area contributed by atoms with Crippen LogP contribution >= 0.6 is 11.6 Å². The summed E-state index contributed by atoms with van der Waals surface area (Å²) in [6, 6.07) is 18.4. The molecule has 0 saturated carbocycles. The van der Waals surface area contributed by atoms with E-state index in [1.165, 1.54) is 5.56 Å². The highest BCUT2D eigenvalue weighted by Crippen LogP contribution is 2.34. The second-order valence-electron chi connectivity index (χ2n) is 4.85. The van der Waals surface area contributed by atoms with Gasteiger partial charge in [0.2, 0.25) is 0 Å². The molecule has 0 aliphatic carbocycles. The molecule has 1 saturated heterocycles. The quantitative estimate of drug-likeness (QED) is 0.890. The first-order chi connectivity index (χ1) is 9.24. The summed E-state index contributed by atoms with van der Waals surface area (Å²) in [6.07, 6.45) is 0.0133. The van der Waals surface area contributed by atoms with E-state index in [-0.39, 0.29) is 18.4 Å². The lowest BCUT2D eigenvalue weighted by molar-refractivity contribution is 0.0363. The van der Waals surface area contributed by atoms with Crippen molar-refractivity contribution < 1.29 is 4.74 Å². The normalized spacial score (nSPS) is 26.5. The van der Waals surface area contributed by atoms with Gasteiger partial charge in [0, 0.05) is 11.1 Å². The third-order valence-corrected chi connectivity index (χ3v) is 3.70. The Morgan fingerprint density at radius 2 is 1.63 bits per heavy atom. The Morgan fingerprint density at radius 3 is 2.32 bits per heavy atom. The molecule has 19 heavy (non-hydrogen) atoms. The molecule has 98 valence electrons. The molecule has 3 heteroatoms. The van der Waals surface area contributed by atoms with Crippen molar-refractivity contribution in [3.8, 4) is 0 Å². The average Bonchev–Trinajstić information content (AvgIpc) is 2.83. The zero-order valence-electron chi connectivity index (χ0n) is 10.7. The van der Waals surface area contributed by atoms with Gasteiger partial charge < -0.3 is 4.74 Å². The summed E-state index contributed by atoms with van der Waals surface area (Å²) in [5, 5.41) is 4.22. The summed E-state index contributed by atoms with van der Waals surface area (Å²) in [5.41, 5.74) is 2.31. The van der Waals surface area contributed by atoms with Crippen molar-refractivity contribution in [2.24, 2.45) is 0 Å². The first kappa shape index (κ1) is 12.7. The van der Waals surface area contributed by atoms with Crippen LogP contribution in [-0.2, 0) is 4.74 Å². The van der Waals surface area contributed by atoms with Crippen molar-refractivity contribution in [3.05, 3.63) is 70.7 Å². The van der Waals surface area contributed by atoms with E-state index in [1.54, 1.807) is 0 Å². The summed E-state index contributed by atoms with van der Waals surface area (Å²) >= 11 is 5.91. The van der Waals surface area contributed by atoms with Crippen LogP contribution in [0.4, 0.5) is 0 Å². The zero-order chi connectivity index (χ0) is 13.2. The molecule has 0 spiro atoms. The van der Waals surface area contributed by atoms with E-state index in [9.17, 15) is 0 Å². The number of hydrogen-bond acceptors (Lipinski definition) is 2. The highest BCUT2D eigenvalue weighted by atomic mass is 35.5. The Morgan fingerprint density at radius 1 is 0.947 bits per heavy atom. The van der Waals surface area contributed by atoms with Gasteiger partial charge in [-0.3, -0.25) is 5.32 Å². The second-order valence-corrected chi connectivity index (χ2v) is 5.29. The van der Waals surface area contributed by atoms with Gasteiger partial charge in [0.25, 0.3) is 0 Å². The van der Waals surface area contributed by atoms with Crippen LogP contribution in [0.5, 0.6) is 0 Å². The van der Waals surface area contributed by atoms with Crippen molar-refractivity contribution in [3.63, 3.8) is 0 Å². The third-order valence-electron chi connectivity index (χ3n) is 3.45. The number of rotatable bonds is 2. The lowest BCUT2D eigenvalue weighted by atomic mass is 10.0. The summed E-state index contributed by atoms with van der Waals surface area (Å²) in [4.78, 5) is 0. The van der Waals surface area contributed by atoms with Crippen molar-refractivity contribution >= 4 is 11.6 Å². The molecule has 1 aliphatic heterocycles. The number of halogens is 1. The Kier molecular flexibility index (Phi) is 3.56. The largest absolute Gasteiger partial charge is 0.350 e. The standard InChI is InChI=1S/C16H16ClNO/c1-11-15(12-5-3-2-4-6-12)19-16(18-11)13-7-9-14(17)10-8-13/h2-11,15-16,18H,1H3/t11-,15+,16-/m1/s1. The van der Waals surface area contributed by atoms with Gasteiger partial charge in [0.1, 0.15) is 12.3 Å². The van der Waals surface area contributed by atoms with E-state index < -0.39 is 0 Å². The van der Waals surface area contributed by atoms with Gasteiger partial charge in [-0.1, -0.05) is 54.1 Å². The maximum Gasteiger partial charge on any atom is 0.135 e. The van der Waals surface area contributed by atoms with Crippen molar-refractivity contribution in [2.45, 2.75) is 25.3 Å². The molecule has 2 aromatic rings. The predicted molar refractivity (Wildman–Crippen MR) is 77.1 cm³/mol. The lowest BCUT2D eigenvalue weighted by Crippen LogP contribution is -2.23. The van der Waals surface area contributed by atoms with Crippen LogP contribution in [-0.4, -0.2) is 6.04 Å². The number of benzene rings is 2. The Bertz CT molecular complexity index is 540. The highest BCUT2D eigenvalue weighted by Gasteiger charge is 2.33. The van der Waals surface area contributed by atoms with Crippen molar-refractivity contribution in [1.29, 1.82) is 0 Å². The summed E-state index contributed by atoms with van der Waals surface area (Å²) in [7, 11) is 0. The fraction of sp³-hybridized carbons (Fsp3) is 0.250. The Balaban J connectivity index is 1.80. The Hall–Kier alpha value is -1.35. The molecular formula is C16H16ClNO. The molecule has 1 N–H and O–H groups in total. The van der Waals surface area contributed by atoms with Crippen molar-refractivity contribution in [1.82, 2.24) is 5.32 Å². The minimum atomic E-state index is -0.0718. The van der Waals surface area contributed by atoms with E-state index in [4.69, 9.17) is 16.3 Å². The topological polar surface area (TPSA) is 21.3 Å². The zero-order valence-corrected chi connectivity index (χ0v) is 11.5. The van der Waals surface area contributed by atoms with Crippen LogP contribution in [0.2, 0.25) is 5.02 Å². The predicted octanol–water partition coefficient (Wildman–Crippen LogP) is 4.09. The highest BCUT2D eigenvalue weighted by molar-refractivity contribution is 6.30. The van der Waals surface area contributed by atoms with E-state index in [1.807, 2.05) is 42.5 Å². The fourth-order valence-electron chi connectivity index (χ4n) is 2.45. The molecule has 3 rings (SSSR count). The molecule has 1 aliphatic rings. The van der Waals surface area contributed by atoms with Crippen LogP contribution in [0.25, 0.3) is 0 Å². The molecule has 0 radical (unpaired) electrons. The van der Waals surface area contributed by atoms with E-state index in [0.717, 1.165) is 10.6 Å². The summed E-state index contributed by atoms with van der Waals surface area (Å²) < 4.78 is 6.13. The van der Waals surface area contributed by atoms with Gasteiger partial charge in [0.05, 0.1) is 0 Å². The van der Waals surface area contributed by atoms with Crippen LogP contribution in [0, 0.1) is 0 Å². The minimum Gasteiger partial charge on any atom is -0.350 e. The van der Waals surface area contributed by atoms with Crippen LogP contribution in [0.1, 0.15) is 30.4 Å². The minimum absolute atomic E-state index is 0.0718. The van der Waals surface area contributed by atoms with E-state index >= 15 is 0 Å². The Labute approximate surface area is 118 Å². The molecule has 0 amide bonds. The molecular weight excluding hydrogens is 258 g/mol.